The van der Waals surface area contributed by atoms with Crippen molar-refractivity contribution in [3.05, 3.63) is 95.6 Å². The van der Waals surface area contributed by atoms with Crippen molar-refractivity contribution in [1.29, 1.82) is 0 Å². The van der Waals surface area contributed by atoms with Crippen LogP contribution in [0.3, 0.4) is 0 Å². The molecule has 0 bridgehead atoms. The lowest BCUT2D eigenvalue weighted by Crippen LogP contribution is -2.59. The van der Waals surface area contributed by atoms with Gasteiger partial charge < -0.3 is 19.9 Å². The number of ketones is 1. The first kappa shape index (κ1) is 24.5. The summed E-state index contributed by atoms with van der Waals surface area (Å²) in [7, 11) is 1.15. The Balaban J connectivity index is 1.99. The molecule has 2 N–H and O–H groups in total. The second-order valence-corrected chi connectivity index (χ2v) is 8.18. The first-order valence-corrected chi connectivity index (χ1v) is 11.4. The van der Waals surface area contributed by atoms with E-state index < -0.39 is 34.7 Å². The second kappa shape index (κ2) is 9.95. The number of aliphatic hydroxyl groups excluding tert-OH is 1. The summed E-state index contributed by atoms with van der Waals surface area (Å²) in [6.07, 6.45) is 0. The summed E-state index contributed by atoms with van der Waals surface area (Å²) >= 11 is 0. The number of esters is 1. The SMILES string of the molecule is CCOc1ccc(NC2(C(=O)OC)/C(=C(\O)c3ccc(C)cc3)C(=O)C(=O)N2c2ccccc2)cc1. The minimum atomic E-state index is -2.19. The highest BCUT2D eigenvalue weighted by Crippen LogP contribution is 2.42. The smallest absolute Gasteiger partial charge is 0.358 e. The fourth-order valence-electron chi connectivity index (χ4n) is 4.18. The van der Waals surface area contributed by atoms with Gasteiger partial charge >= 0.3 is 11.9 Å². The van der Waals surface area contributed by atoms with Crippen molar-refractivity contribution in [1.82, 2.24) is 0 Å². The van der Waals surface area contributed by atoms with Crippen LogP contribution in [0, 0.1) is 6.92 Å². The summed E-state index contributed by atoms with van der Waals surface area (Å²) in [5.41, 5.74) is -0.753. The Kier molecular flexibility index (Phi) is 6.78. The quantitative estimate of drug-likeness (QED) is 0.223. The van der Waals surface area contributed by atoms with Crippen LogP contribution < -0.4 is 15.0 Å². The Morgan fingerprint density at radius 3 is 2.19 bits per heavy atom. The first-order chi connectivity index (χ1) is 17.3. The molecule has 0 aliphatic carbocycles. The summed E-state index contributed by atoms with van der Waals surface area (Å²) < 4.78 is 10.6. The molecule has 0 aromatic heterocycles. The molecular weight excluding hydrogens is 460 g/mol. The van der Waals surface area contributed by atoms with E-state index in [9.17, 15) is 19.5 Å². The number of Topliss-reactive ketones (excluding diaryl/α,β-unsaturated/α-hetero) is 1. The third-order valence-corrected chi connectivity index (χ3v) is 5.87. The van der Waals surface area contributed by atoms with Crippen molar-refractivity contribution >= 4 is 34.8 Å². The Hall–Kier alpha value is -4.59. The molecule has 1 amide bonds. The van der Waals surface area contributed by atoms with Crippen LogP contribution in [-0.4, -0.2) is 42.1 Å². The van der Waals surface area contributed by atoms with E-state index in [-0.39, 0.29) is 11.3 Å². The predicted molar refractivity (Wildman–Crippen MR) is 136 cm³/mol. The van der Waals surface area contributed by atoms with E-state index >= 15 is 0 Å². The number of aryl methyl sites for hydroxylation is 1. The molecule has 1 aliphatic rings. The van der Waals surface area contributed by atoms with Crippen LogP contribution in [0.2, 0.25) is 0 Å². The molecule has 0 saturated carbocycles. The van der Waals surface area contributed by atoms with Gasteiger partial charge in [0.25, 0.3) is 11.4 Å². The highest BCUT2D eigenvalue weighted by Gasteiger charge is 2.63. The number of methoxy groups -OCH3 is 1. The lowest BCUT2D eigenvalue weighted by molar-refractivity contribution is -0.145. The van der Waals surface area contributed by atoms with Crippen molar-refractivity contribution in [2.45, 2.75) is 19.5 Å². The van der Waals surface area contributed by atoms with Crippen LogP contribution in [0.4, 0.5) is 11.4 Å². The molecule has 1 unspecified atom stereocenters. The van der Waals surface area contributed by atoms with Crippen LogP contribution in [0.5, 0.6) is 5.75 Å². The van der Waals surface area contributed by atoms with E-state index in [1.165, 1.54) is 0 Å². The number of amides is 1. The summed E-state index contributed by atoms with van der Waals surface area (Å²) in [5, 5.41) is 14.4. The Labute approximate surface area is 208 Å². The molecule has 1 atom stereocenters. The number of ether oxygens (including phenoxy) is 2. The molecule has 184 valence electrons. The number of carbonyl (C=O) groups is 3. The third kappa shape index (κ3) is 4.17. The van der Waals surface area contributed by atoms with E-state index in [0.29, 0.717) is 18.0 Å². The summed E-state index contributed by atoms with van der Waals surface area (Å²) in [6.45, 7) is 4.21. The second-order valence-electron chi connectivity index (χ2n) is 8.18. The molecule has 3 aromatic carbocycles. The largest absolute Gasteiger partial charge is 0.507 e. The minimum absolute atomic E-state index is 0.270. The number of hydrogen-bond acceptors (Lipinski definition) is 7. The van der Waals surface area contributed by atoms with Gasteiger partial charge in [0.2, 0.25) is 0 Å². The number of nitrogens with one attached hydrogen (secondary N) is 1. The molecule has 1 fully saturated rings. The van der Waals surface area contributed by atoms with Gasteiger partial charge in [0.15, 0.2) is 0 Å². The maximum atomic E-state index is 13.6. The third-order valence-electron chi connectivity index (χ3n) is 5.87. The molecule has 8 heteroatoms. The summed E-state index contributed by atoms with van der Waals surface area (Å²) in [6, 6.07) is 21.7. The molecule has 1 heterocycles. The number of anilines is 2. The van der Waals surface area contributed by atoms with E-state index in [0.717, 1.165) is 17.6 Å². The van der Waals surface area contributed by atoms with Crippen LogP contribution in [0.25, 0.3) is 5.76 Å². The molecule has 36 heavy (non-hydrogen) atoms. The van der Waals surface area contributed by atoms with E-state index in [2.05, 4.69) is 5.32 Å². The monoisotopic (exact) mass is 486 g/mol. The fourth-order valence-corrected chi connectivity index (χ4v) is 4.18. The van der Waals surface area contributed by atoms with Gasteiger partial charge in [0.1, 0.15) is 17.1 Å². The average molecular weight is 487 g/mol. The Morgan fingerprint density at radius 2 is 1.61 bits per heavy atom. The van der Waals surface area contributed by atoms with Crippen molar-refractivity contribution in [3.8, 4) is 5.75 Å². The first-order valence-electron chi connectivity index (χ1n) is 11.4. The average Bonchev–Trinajstić information content (AvgIpc) is 3.12. The van der Waals surface area contributed by atoms with Gasteiger partial charge in [-0.25, -0.2) is 4.79 Å². The molecule has 1 aliphatic heterocycles. The molecule has 8 nitrogen and oxygen atoms in total. The zero-order valence-corrected chi connectivity index (χ0v) is 20.1. The van der Waals surface area contributed by atoms with Gasteiger partial charge in [-0.1, -0.05) is 48.0 Å². The number of rotatable bonds is 7. The number of benzene rings is 3. The zero-order chi connectivity index (χ0) is 25.9. The lowest BCUT2D eigenvalue weighted by atomic mass is 9.93. The van der Waals surface area contributed by atoms with Gasteiger partial charge in [-0.05, 0) is 50.2 Å². The normalized spacial score (nSPS) is 18.7. The number of carbonyl (C=O) groups excluding carboxylic acids is 3. The summed E-state index contributed by atoms with van der Waals surface area (Å²) in [5.74, 6) is -2.87. The minimum Gasteiger partial charge on any atom is -0.507 e. The van der Waals surface area contributed by atoms with Crippen LogP contribution >= 0.6 is 0 Å². The van der Waals surface area contributed by atoms with Gasteiger partial charge in [0, 0.05) is 16.9 Å². The van der Waals surface area contributed by atoms with Crippen LogP contribution in [0.15, 0.2) is 84.4 Å². The van der Waals surface area contributed by atoms with E-state index in [4.69, 9.17) is 9.47 Å². The van der Waals surface area contributed by atoms with Gasteiger partial charge in [-0.2, -0.15) is 0 Å². The van der Waals surface area contributed by atoms with Crippen LogP contribution in [0.1, 0.15) is 18.1 Å². The topological polar surface area (TPSA) is 105 Å². The highest BCUT2D eigenvalue weighted by molar-refractivity contribution is 6.54. The number of aliphatic hydroxyl groups is 1. The van der Waals surface area contributed by atoms with Crippen molar-refractivity contribution in [2.75, 3.05) is 23.9 Å². The van der Waals surface area contributed by atoms with E-state index in [1.807, 2.05) is 13.8 Å². The molecule has 3 aromatic rings. The van der Waals surface area contributed by atoms with Gasteiger partial charge in [-0.3, -0.25) is 14.5 Å². The summed E-state index contributed by atoms with van der Waals surface area (Å²) in [4.78, 5) is 41.5. The molecule has 0 spiro atoms. The zero-order valence-electron chi connectivity index (χ0n) is 20.1. The van der Waals surface area contributed by atoms with Crippen molar-refractivity contribution in [3.63, 3.8) is 0 Å². The molecular formula is C28H26N2O6. The van der Waals surface area contributed by atoms with E-state index in [1.54, 1.807) is 78.9 Å². The lowest BCUT2D eigenvalue weighted by Gasteiger charge is -2.37. The Bertz CT molecular complexity index is 1320. The highest BCUT2D eigenvalue weighted by atomic mass is 16.5. The number of nitrogens with zero attached hydrogens (tertiary/aromatic N) is 1. The molecule has 4 rings (SSSR count). The van der Waals surface area contributed by atoms with Crippen molar-refractivity contribution < 1.29 is 29.0 Å². The fraction of sp³-hybridized carbons (Fsp3) is 0.179. The number of hydrogen-bond donors (Lipinski definition) is 2. The van der Waals surface area contributed by atoms with Crippen molar-refractivity contribution in [2.24, 2.45) is 0 Å². The maximum Gasteiger partial charge on any atom is 0.358 e. The maximum absolute atomic E-state index is 13.6. The molecule has 0 radical (unpaired) electrons. The molecule has 1 saturated heterocycles. The van der Waals surface area contributed by atoms with Gasteiger partial charge in [-0.15, -0.1) is 0 Å². The van der Waals surface area contributed by atoms with Crippen LogP contribution in [-0.2, 0) is 19.1 Å². The number of para-hydroxylation sites is 1. The predicted octanol–water partition coefficient (Wildman–Crippen LogP) is 4.26. The Morgan fingerprint density at radius 1 is 0.972 bits per heavy atom. The standard InChI is InChI=1S/C28H26N2O6/c1-4-36-22-16-14-20(15-17-22)29-28(27(34)35-3)23(24(31)19-12-10-18(2)11-13-19)25(32)26(33)30(28)21-8-6-5-7-9-21/h5-17,29,31H,4H2,1-3H3/b24-23-. The van der Waals surface area contributed by atoms with Gasteiger partial charge in [0.05, 0.1) is 13.7 Å².